The van der Waals surface area contributed by atoms with Crippen LogP contribution in [0.15, 0.2) is 48.5 Å². The maximum Gasteiger partial charge on any atom is 0.289 e. The van der Waals surface area contributed by atoms with Gasteiger partial charge in [-0.2, -0.15) is 0 Å². The Balaban J connectivity index is 1.69. The summed E-state index contributed by atoms with van der Waals surface area (Å²) < 4.78 is 0. The summed E-state index contributed by atoms with van der Waals surface area (Å²) in [6.07, 6.45) is 0.797. The van der Waals surface area contributed by atoms with Gasteiger partial charge in [0, 0.05) is 17.7 Å². The fourth-order valence-electron chi connectivity index (χ4n) is 2.52. The molecule has 1 fully saturated rings. The predicted octanol–water partition coefficient (Wildman–Crippen LogP) is 3.99. The second kappa shape index (κ2) is 5.77. The molecule has 6 heteroatoms. The summed E-state index contributed by atoms with van der Waals surface area (Å²) in [5.41, 5.74) is 1.32. The van der Waals surface area contributed by atoms with Crippen molar-refractivity contribution in [3.63, 3.8) is 0 Å². The quantitative estimate of drug-likeness (QED) is 0.684. The molecule has 2 aromatic rings. The van der Waals surface area contributed by atoms with Crippen LogP contribution < -0.4 is 5.32 Å². The molecule has 1 saturated carbocycles. The first kappa shape index (κ1) is 14.5. The molecule has 1 N–H and O–H groups in total. The number of rotatable bonds is 4. The molecule has 0 radical (unpaired) electrons. The van der Waals surface area contributed by atoms with E-state index in [-0.39, 0.29) is 28.5 Å². The number of amides is 1. The smallest absolute Gasteiger partial charge is 0.289 e. The number of nitro benzene ring substituents is 1. The van der Waals surface area contributed by atoms with Crippen molar-refractivity contribution < 1.29 is 9.72 Å². The van der Waals surface area contributed by atoms with E-state index in [4.69, 9.17) is 11.6 Å². The third-order valence-electron chi connectivity index (χ3n) is 3.77. The maximum atomic E-state index is 12.2. The number of halogens is 1. The zero-order chi connectivity index (χ0) is 15.7. The summed E-state index contributed by atoms with van der Waals surface area (Å²) in [4.78, 5) is 22.5. The molecule has 0 spiro atoms. The number of nitrogens with zero attached hydrogens (tertiary/aromatic N) is 1. The Morgan fingerprint density at radius 2 is 1.95 bits per heavy atom. The highest BCUT2D eigenvalue weighted by molar-refractivity contribution is 6.32. The van der Waals surface area contributed by atoms with Crippen molar-refractivity contribution in [2.45, 2.75) is 12.3 Å². The maximum absolute atomic E-state index is 12.2. The van der Waals surface area contributed by atoms with E-state index >= 15 is 0 Å². The molecular weight excluding hydrogens is 304 g/mol. The third kappa shape index (κ3) is 2.94. The first-order valence-corrected chi connectivity index (χ1v) is 7.24. The van der Waals surface area contributed by atoms with Gasteiger partial charge in [-0.25, -0.2) is 0 Å². The van der Waals surface area contributed by atoms with Crippen LogP contribution in [0.5, 0.6) is 0 Å². The monoisotopic (exact) mass is 316 g/mol. The lowest BCUT2D eigenvalue weighted by Gasteiger charge is -2.05. The molecule has 0 aromatic heterocycles. The number of carbonyl (C=O) groups excluding carboxylic acids is 1. The van der Waals surface area contributed by atoms with E-state index < -0.39 is 4.92 Å². The summed E-state index contributed by atoms with van der Waals surface area (Å²) in [5.74, 6) is 0.0195. The number of nitrogens with one attached hydrogen (secondary N) is 1. The van der Waals surface area contributed by atoms with Crippen molar-refractivity contribution >= 4 is 28.9 Å². The molecule has 1 aliphatic rings. The molecule has 0 heterocycles. The van der Waals surface area contributed by atoms with Crippen LogP contribution >= 0.6 is 11.6 Å². The number of nitro groups is 1. The third-order valence-corrected chi connectivity index (χ3v) is 4.08. The van der Waals surface area contributed by atoms with E-state index in [1.807, 2.05) is 30.3 Å². The Bertz CT molecular complexity index is 733. The van der Waals surface area contributed by atoms with E-state index in [1.54, 1.807) is 6.07 Å². The van der Waals surface area contributed by atoms with Crippen LogP contribution in [-0.2, 0) is 4.79 Å². The van der Waals surface area contributed by atoms with Crippen molar-refractivity contribution in [1.82, 2.24) is 0 Å². The van der Waals surface area contributed by atoms with Crippen molar-refractivity contribution in [1.29, 1.82) is 0 Å². The van der Waals surface area contributed by atoms with Gasteiger partial charge in [-0.3, -0.25) is 14.9 Å². The Kier molecular flexibility index (Phi) is 3.81. The molecule has 5 nitrogen and oxygen atoms in total. The van der Waals surface area contributed by atoms with Gasteiger partial charge in [0.15, 0.2) is 0 Å². The molecule has 112 valence electrons. The van der Waals surface area contributed by atoms with Crippen LogP contribution in [0.25, 0.3) is 0 Å². The first-order chi connectivity index (χ1) is 10.6. The largest absolute Gasteiger partial charge is 0.326 e. The normalized spacial score (nSPS) is 19.5. The Morgan fingerprint density at radius 1 is 1.23 bits per heavy atom. The number of carbonyl (C=O) groups is 1. The molecule has 0 saturated heterocycles. The lowest BCUT2D eigenvalue weighted by atomic mass is 10.1. The first-order valence-electron chi connectivity index (χ1n) is 6.86. The topological polar surface area (TPSA) is 72.2 Å². The molecule has 22 heavy (non-hydrogen) atoms. The summed E-state index contributed by atoms with van der Waals surface area (Å²) in [6, 6.07) is 14.1. The molecule has 0 bridgehead atoms. The average molecular weight is 317 g/mol. The lowest BCUT2D eigenvalue weighted by molar-refractivity contribution is -0.384. The van der Waals surface area contributed by atoms with E-state index in [0.717, 1.165) is 12.0 Å². The number of anilines is 1. The van der Waals surface area contributed by atoms with Gasteiger partial charge in [-0.15, -0.1) is 0 Å². The Labute approximate surface area is 132 Å². The standard InChI is InChI=1S/C16H13ClN2O3/c17-14-7-6-11(8-15(14)19(21)22)18-16(20)13-9-12(13)10-4-2-1-3-5-10/h1-8,12-13H,9H2,(H,18,20). The van der Waals surface area contributed by atoms with Crippen molar-refractivity contribution in [3.8, 4) is 0 Å². The van der Waals surface area contributed by atoms with Crippen LogP contribution in [-0.4, -0.2) is 10.8 Å². The second-order valence-corrected chi connectivity index (χ2v) is 5.68. The molecule has 0 aliphatic heterocycles. The zero-order valence-electron chi connectivity index (χ0n) is 11.5. The average Bonchev–Trinajstić information content (AvgIpc) is 3.30. The molecule has 1 aliphatic carbocycles. The summed E-state index contributed by atoms with van der Waals surface area (Å²) in [7, 11) is 0. The minimum Gasteiger partial charge on any atom is -0.326 e. The van der Waals surface area contributed by atoms with E-state index in [0.29, 0.717) is 5.69 Å². The van der Waals surface area contributed by atoms with Gasteiger partial charge in [-0.1, -0.05) is 41.9 Å². The van der Waals surface area contributed by atoms with Crippen LogP contribution in [0.3, 0.4) is 0 Å². The summed E-state index contributed by atoms with van der Waals surface area (Å²) >= 11 is 5.75. The molecular formula is C16H13ClN2O3. The molecule has 1 amide bonds. The predicted molar refractivity (Wildman–Crippen MR) is 84.0 cm³/mol. The second-order valence-electron chi connectivity index (χ2n) is 5.27. The minimum atomic E-state index is -0.568. The van der Waals surface area contributed by atoms with Crippen LogP contribution in [0.4, 0.5) is 11.4 Å². The van der Waals surface area contributed by atoms with Crippen molar-refractivity contribution in [2.75, 3.05) is 5.32 Å². The van der Waals surface area contributed by atoms with Gasteiger partial charge in [0.2, 0.25) is 5.91 Å². The number of hydrogen-bond acceptors (Lipinski definition) is 3. The Hall–Kier alpha value is -2.40. The van der Waals surface area contributed by atoms with Gasteiger partial charge >= 0.3 is 0 Å². The highest BCUT2D eigenvalue weighted by atomic mass is 35.5. The van der Waals surface area contributed by atoms with Gasteiger partial charge in [0.25, 0.3) is 5.69 Å². The van der Waals surface area contributed by atoms with Crippen LogP contribution in [0, 0.1) is 16.0 Å². The highest BCUT2D eigenvalue weighted by Crippen LogP contribution is 2.48. The van der Waals surface area contributed by atoms with Gasteiger partial charge in [-0.05, 0) is 30.0 Å². The van der Waals surface area contributed by atoms with E-state index in [2.05, 4.69) is 5.32 Å². The summed E-state index contributed by atoms with van der Waals surface area (Å²) in [6.45, 7) is 0. The zero-order valence-corrected chi connectivity index (χ0v) is 12.3. The van der Waals surface area contributed by atoms with Crippen molar-refractivity contribution in [3.05, 3.63) is 69.2 Å². The van der Waals surface area contributed by atoms with Gasteiger partial charge in [0.1, 0.15) is 5.02 Å². The van der Waals surface area contributed by atoms with Gasteiger partial charge in [0.05, 0.1) is 4.92 Å². The molecule has 3 rings (SSSR count). The molecule has 2 atom stereocenters. The van der Waals surface area contributed by atoms with E-state index in [1.165, 1.54) is 12.1 Å². The van der Waals surface area contributed by atoms with Gasteiger partial charge < -0.3 is 5.32 Å². The summed E-state index contributed by atoms with van der Waals surface area (Å²) in [5, 5.41) is 13.6. The van der Waals surface area contributed by atoms with Crippen LogP contribution in [0.2, 0.25) is 5.02 Å². The Morgan fingerprint density at radius 3 is 2.64 bits per heavy atom. The van der Waals surface area contributed by atoms with E-state index in [9.17, 15) is 14.9 Å². The minimum absolute atomic E-state index is 0.0524. The molecule has 2 unspecified atom stereocenters. The SMILES string of the molecule is O=C(Nc1ccc(Cl)c([N+](=O)[O-])c1)C1CC1c1ccccc1. The fourth-order valence-corrected chi connectivity index (χ4v) is 2.71. The fraction of sp³-hybridized carbons (Fsp3) is 0.188. The van der Waals surface area contributed by atoms with Crippen molar-refractivity contribution in [2.24, 2.45) is 5.92 Å². The van der Waals surface area contributed by atoms with Crippen LogP contribution in [0.1, 0.15) is 17.9 Å². The number of hydrogen-bond donors (Lipinski definition) is 1. The molecule has 2 aromatic carbocycles. The highest BCUT2D eigenvalue weighted by Gasteiger charge is 2.43. The lowest BCUT2D eigenvalue weighted by Crippen LogP contribution is -2.14. The number of benzene rings is 2.